The van der Waals surface area contributed by atoms with Crippen molar-refractivity contribution in [1.82, 2.24) is 14.5 Å². The van der Waals surface area contributed by atoms with Gasteiger partial charge >= 0.3 is 0 Å². The molecule has 5 heteroatoms. The van der Waals surface area contributed by atoms with Gasteiger partial charge in [0.15, 0.2) is 0 Å². The number of carbonyl (C=O) groups excluding carboxylic acids is 1. The van der Waals surface area contributed by atoms with Gasteiger partial charge in [0.05, 0.1) is 11.2 Å². The summed E-state index contributed by atoms with van der Waals surface area (Å²) in [7, 11) is 1.86. The van der Waals surface area contributed by atoms with Crippen molar-refractivity contribution in [2.24, 2.45) is 0 Å². The lowest BCUT2D eigenvalue weighted by Gasteiger charge is -2.18. The maximum atomic E-state index is 12.4. The highest BCUT2D eigenvalue weighted by molar-refractivity contribution is 5.89. The van der Waals surface area contributed by atoms with Gasteiger partial charge in [0.25, 0.3) is 0 Å². The van der Waals surface area contributed by atoms with Crippen LogP contribution in [0.1, 0.15) is 32.5 Å². The van der Waals surface area contributed by atoms with Crippen molar-refractivity contribution in [2.75, 3.05) is 19.3 Å². The van der Waals surface area contributed by atoms with Crippen LogP contribution in [0.3, 0.4) is 0 Å². The zero-order chi connectivity index (χ0) is 15.4. The quantitative estimate of drug-likeness (QED) is 0.830. The fourth-order valence-electron chi connectivity index (χ4n) is 2.44. The third-order valence-corrected chi connectivity index (χ3v) is 3.77. The summed E-state index contributed by atoms with van der Waals surface area (Å²) in [6.45, 7) is 5.29. The largest absolute Gasteiger partial charge is 0.397 e. The lowest BCUT2D eigenvalue weighted by molar-refractivity contribution is -0.130. The molecule has 5 nitrogen and oxygen atoms in total. The second-order valence-electron chi connectivity index (χ2n) is 5.35. The zero-order valence-electron chi connectivity index (χ0n) is 13.1. The number of aromatic nitrogens is 2. The van der Waals surface area contributed by atoms with E-state index in [1.54, 1.807) is 4.90 Å². The van der Waals surface area contributed by atoms with Gasteiger partial charge in [0.1, 0.15) is 17.9 Å². The molecule has 0 spiro atoms. The number of aryl methyl sites for hydroxylation is 1. The van der Waals surface area contributed by atoms with E-state index >= 15 is 0 Å². The van der Waals surface area contributed by atoms with Gasteiger partial charge in [-0.15, -0.1) is 0 Å². The number of nitrogens with two attached hydrogens (primary N) is 1. The number of nitrogens with zero attached hydrogens (tertiary/aromatic N) is 3. The molecule has 0 aliphatic heterocycles. The average molecular weight is 288 g/mol. The maximum Gasteiger partial charge on any atom is 0.242 e. The topological polar surface area (TPSA) is 64.2 Å². The molecule has 2 rings (SSSR count). The number of rotatable bonds is 6. The van der Waals surface area contributed by atoms with E-state index in [1.807, 2.05) is 36.7 Å². The third kappa shape index (κ3) is 3.17. The van der Waals surface area contributed by atoms with Crippen LogP contribution in [0.5, 0.6) is 0 Å². The van der Waals surface area contributed by atoms with Gasteiger partial charge in [0, 0.05) is 20.0 Å². The Balaban J connectivity index is 2.29. The van der Waals surface area contributed by atoms with E-state index in [1.165, 1.54) is 0 Å². The van der Waals surface area contributed by atoms with Gasteiger partial charge in [-0.1, -0.05) is 26.3 Å². The first-order valence-corrected chi connectivity index (χ1v) is 7.56. The van der Waals surface area contributed by atoms with Crippen molar-refractivity contribution in [3.05, 3.63) is 24.0 Å². The van der Waals surface area contributed by atoms with E-state index in [0.717, 1.165) is 42.7 Å². The van der Waals surface area contributed by atoms with Crippen molar-refractivity contribution in [3.63, 3.8) is 0 Å². The minimum atomic E-state index is 0.111. The molecule has 21 heavy (non-hydrogen) atoms. The predicted octanol–water partition coefficient (Wildman–Crippen LogP) is 2.44. The molecular weight excluding hydrogens is 264 g/mol. The number of unbranched alkanes of at least 4 members (excludes halogenated alkanes) is 1. The Bertz CT molecular complexity index is 632. The first-order chi connectivity index (χ1) is 10.1. The molecule has 114 valence electrons. The van der Waals surface area contributed by atoms with Gasteiger partial charge < -0.3 is 15.2 Å². The van der Waals surface area contributed by atoms with Crippen LogP contribution in [0.4, 0.5) is 5.69 Å². The molecule has 0 aliphatic carbocycles. The second kappa shape index (κ2) is 6.61. The van der Waals surface area contributed by atoms with Crippen molar-refractivity contribution < 1.29 is 4.79 Å². The number of hydrogen-bond donors (Lipinski definition) is 1. The summed E-state index contributed by atoms with van der Waals surface area (Å²) in [5.41, 5.74) is 8.36. The Morgan fingerprint density at radius 2 is 2.14 bits per heavy atom. The first kappa shape index (κ1) is 15.4. The Labute approximate surface area is 125 Å². The number of nitrogen functional groups attached to an aromatic ring is 1. The van der Waals surface area contributed by atoms with Crippen LogP contribution in [0.2, 0.25) is 0 Å². The normalized spacial score (nSPS) is 11.0. The molecule has 0 aliphatic rings. The molecule has 0 fully saturated rings. The van der Waals surface area contributed by atoms with Crippen LogP contribution >= 0.6 is 0 Å². The first-order valence-electron chi connectivity index (χ1n) is 7.56. The van der Waals surface area contributed by atoms with Crippen molar-refractivity contribution in [2.45, 2.75) is 39.7 Å². The van der Waals surface area contributed by atoms with E-state index in [-0.39, 0.29) is 5.91 Å². The fraction of sp³-hybridized carbons (Fsp3) is 0.500. The lowest BCUT2D eigenvalue weighted by Crippen LogP contribution is -2.31. The summed E-state index contributed by atoms with van der Waals surface area (Å²) in [4.78, 5) is 18.7. The number of likely N-dealkylation sites (N-methyl/N-ethyl adjacent to an activating group) is 1. The van der Waals surface area contributed by atoms with Crippen molar-refractivity contribution >= 4 is 22.6 Å². The highest BCUT2D eigenvalue weighted by Crippen LogP contribution is 2.22. The summed E-state index contributed by atoms with van der Waals surface area (Å²) < 4.78 is 1.98. The second-order valence-corrected chi connectivity index (χ2v) is 5.35. The van der Waals surface area contributed by atoms with Crippen LogP contribution in [-0.4, -0.2) is 34.0 Å². The number of amides is 1. The standard InChI is InChI=1S/C16H24N4O/c1-4-6-10-19(3)15(21)11-20-13-9-7-8-12(17)16(13)18-14(20)5-2/h7-9H,4-6,10-11,17H2,1-3H3. The smallest absolute Gasteiger partial charge is 0.242 e. The van der Waals surface area contributed by atoms with E-state index in [9.17, 15) is 4.79 Å². The summed E-state index contributed by atoms with van der Waals surface area (Å²) in [6, 6.07) is 5.71. The van der Waals surface area contributed by atoms with Gasteiger partial charge in [-0.2, -0.15) is 0 Å². The number of benzene rings is 1. The van der Waals surface area contributed by atoms with Gasteiger partial charge in [-0.3, -0.25) is 4.79 Å². The van der Waals surface area contributed by atoms with Crippen LogP contribution in [0.15, 0.2) is 18.2 Å². The Kier molecular flexibility index (Phi) is 4.83. The molecule has 1 aromatic carbocycles. The molecule has 1 aromatic heterocycles. The SMILES string of the molecule is CCCCN(C)C(=O)Cn1c(CC)nc2c(N)cccc21. The lowest BCUT2D eigenvalue weighted by atomic mass is 10.2. The molecule has 0 saturated carbocycles. The van der Waals surface area contributed by atoms with E-state index in [2.05, 4.69) is 11.9 Å². The van der Waals surface area contributed by atoms with Gasteiger partial charge in [-0.25, -0.2) is 4.98 Å². The number of para-hydroxylation sites is 1. The molecule has 0 unspecified atom stereocenters. The molecular formula is C16H24N4O. The third-order valence-electron chi connectivity index (χ3n) is 3.77. The van der Waals surface area contributed by atoms with Gasteiger partial charge in [0.2, 0.25) is 5.91 Å². The van der Waals surface area contributed by atoms with E-state index in [0.29, 0.717) is 12.2 Å². The van der Waals surface area contributed by atoms with Crippen molar-refractivity contribution in [3.8, 4) is 0 Å². The van der Waals surface area contributed by atoms with Crippen molar-refractivity contribution in [1.29, 1.82) is 0 Å². The predicted molar refractivity (Wildman–Crippen MR) is 86.1 cm³/mol. The van der Waals surface area contributed by atoms with Crippen LogP contribution in [0.25, 0.3) is 11.0 Å². The Morgan fingerprint density at radius 1 is 1.38 bits per heavy atom. The molecule has 1 heterocycles. The summed E-state index contributed by atoms with van der Waals surface area (Å²) >= 11 is 0. The monoisotopic (exact) mass is 288 g/mol. The zero-order valence-corrected chi connectivity index (χ0v) is 13.1. The van der Waals surface area contributed by atoms with Crippen LogP contribution < -0.4 is 5.73 Å². The Hall–Kier alpha value is -2.04. The summed E-state index contributed by atoms with van der Waals surface area (Å²) in [6.07, 6.45) is 2.89. The van der Waals surface area contributed by atoms with E-state index < -0.39 is 0 Å². The molecule has 0 saturated heterocycles. The molecule has 2 aromatic rings. The van der Waals surface area contributed by atoms with Crippen LogP contribution in [-0.2, 0) is 17.8 Å². The number of anilines is 1. The maximum absolute atomic E-state index is 12.4. The molecule has 0 bridgehead atoms. The fourth-order valence-corrected chi connectivity index (χ4v) is 2.44. The number of imidazole rings is 1. The van der Waals surface area contributed by atoms with E-state index in [4.69, 9.17) is 5.73 Å². The summed E-state index contributed by atoms with van der Waals surface area (Å²) in [5, 5.41) is 0. The molecule has 2 N–H and O–H groups in total. The van der Waals surface area contributed by atoms with Crippen LogP contribution in [0, 0.1) is 0 Å². The highest BCUT2D eigenvalue weighted by Gasteiger charge is 2.16. The number of carbonyl (C=O) groups is 1. The number of fused-ring (bicyclic) bond motifs is 1. The molecule has 1 amide bonds. The highest BCUT2D eigenvalue weighted by atomic mass is 16.2. The molecule has 0 atom stereocenters. The number of hydrogen-bond acceptors (Lipinski definition) is 3. The summed E-state index contributed by atoms with van der Waals surface area (Å²) in [5.74, 6) is 1.01. The average Bonchev–Trinajstić information content (AvgIpc) is 2.84. The molecule has 0 radical (unpaired) electrons. The minimum absolute atomic E-state index is 0.111. The minimum Gasteiger partial charge on any atom is -0.397 e. The van der Waals surface area contributed by atoms with Gasteiger partial charge in [-0.05, 0) is 18.6 Å². The Morgan fingerprint density at radius 3 is 2.81 bits per heavy atom.